The second kappa shape index (κ2) is 9.39. The summed E-state index contributed by atoms with van der Waals surface area (Å²) in [6.45, 7) is 2.97. The molecular formula is C19H18Cl2N2O4. The van der Waals surface area contributed by atoms with Crippen molar-refractivity contribution in [3.63, 3.8) is 0 Å². The number of hydrogen-bond acceptors (Lipinski definition) is 4. The molecule has 0 fully saturated rings. The van der Waals surface area contributed by atoms with E-state index in [0.717, 1.165) is 11.1 Å². The number of nitrogens with one attached hydrogen (secondary N) is 2. The van der Waals surface area contributed by atoms with Crippen LogP contribution < -0.4 is 10.6 Å². The van der Waals surface area contributed by atoms with Crippen LogP contribution in [0.15, 0.2) is 36.4 Å². The van der Waals surface area contributed by atoms with E-state index in [1.165, 1.54) is 12.1 Å². The van der Waals surface area contributed by atoms with Crippen LogP contribution in [0, 0.1) is 13.8 Å². The average Bonchev–Trinajstić information content (AvgIpc) is 2.63. The van der Waals surface area contributed by atoms with E-state index in [1.807, 2.05) is 19.9 Å². The highest BCUT2D eigenvalue weighted by molar-refractivity contribution is 6.35. The molecule has 0 spiro atoms. The Kier molecular flexibility index (Phi) is 7.21. The van der Waals surface area contributed by atoms with Gasteiger partial charge in [0.15, 0.2) is 6.61 Å². The Bertz CT molecular complexity index is 884. The van der Waals surface area contributed by atoms with Gasteiger partial charge in [0.2, 0.25) is 0 Å². The molecule has 2 N–H and O–H groups in total. The Morgan fingerprint density at radius 1 is 1.00 bits per heavy atom. The smallest absolute Gasteiger partial charge is 0.325 e. The van der Waals surface area contributed by atoms with Crippen molar-refractivity contribution < 1.29 is 19.1 Å². The van der Waals surface area contributed by atoms with Gasteiger partial charge in [-0.1, -0.05) is 29.3 Å². The summed E-state index contributed by atoms with van der Waals surface area (Å²) in [5, 5.41) is 5.65. The van der Waals surface area contributed by atoms with Gasteiger partial charge in [-0.15, -0.1) is 0 Å². The van der Waals surface area contributed by atoms with E-state index in [4.69, 9.17) is 27.9 Å². The number of esters is 1. The molecule has 8 heteroatoms. The molecule has 2 aromatic carbocycles. The molecule has 142 valence electrons. The van der Waals surface area contributed by atoms with E-state index in [-0.39, 0.29) is 6.54 Å². The minimum atomic E-state index is -0.737. The summed E-state index contributed by atoms with van der Waals surface area (Å²) in [5.74, 6) is -1.71. The molecule has 0 aliphatic rings. The lowest BCUT2D eigenvalue weighted by Gasteiger charge is -2.09. The van der Waals surface area contributed by atoms with Crippen LogP contribution in [0.3, 0.4) is 0 Å². The van der Waals surface area contributed by atoms with E-state index in [0.29, 0.717) is 21.3 Å². The molecule has 2 rings (SSSR count). The van der Waals surface area contributed by atoms with Gasteiger partial charge >= 0.3 is 5.97 Å². The Morgan fingerprint density at radius 2 is 1.74 bits per heavy atom. The molecule has 0 unspecified atom stereocenters. The van der Waals surface area contributed by atoms with Crippen molar-refractivity contribution in [2.45, 2.75) is 13.8 Å². The SMILES string of the molecule is Cc1ccc(C(=O)NCC(=O)OCC(=O)Nc2cc(Cl)ccc2Cl)cc1C. The van der Waals surface area contributed by atoms with Crippen LogP contribution in [0.25, 0.3) is 0 Å². The second-order valence-corrected chi connectivity index (χ2v) is 6.66. The number of carbonyl (C=O) groups is 3. The van der Waals surface area contributed by atoms with Crippen LogP contribution in [0.5, 0.6) is 0 Å². The second-order valence-electron chi connectivity index (χ2n) is 5.81. The Balaban J connectivity index is 1.78. The number of aryl methyl sites for hydroxylation is 2. The molecule has 0 bridgehead atoms. The van der Waals surface area contributed by atoms with E-state index in [2.05, 4.69) is 10.6 Å². The maximum absolute atomic E-state index is 12.0. The minimum absolute atomic E-state index is 0.305. The predicted octanol–water partition coefficient (Wildman–Crippen LogP) is 3.52. The van der Waals surface area contributed by atoms with Crippen molar-refractivity contribution in [3.05, 3.63) is 63.1 Å². The summed E-state index contributed by atoms with van der Waals surface area (Å²) in [6.07, 6.45) is 0. The molecule has 0 aromatic heterocycles. The van der Waals surface area contributed by atoms with Gasteiger partial charge in [-0.05, 0) is 55.3 Å². The molecule has 0 heterocycles. The maximum Gasteiger partial charge on any atom is 0.325 e. The van der Waals surface area contributed by atoms with Gasteiger partial charge in [-0.2, -0.15) is 0 Å². The van der Waals surface area contributed by atoms with Crippen LogP contribution in [-0.2, 0) is 14.3 Å². The van der Waals surface area contributed by atoms with E-state index in [1.54, 1.807) is 18.2 Å². The Hall–Kier alpha value is -2.57. The highest BCUT2D eigenvalue weighted by atomic mass is 35.5. The maximum atomic E-state index is 12.0. The standard InChI is InChI=1S/C19H18Cl2N2O4/c1-11-3-4-13(7-12(11)2)19(26)22-9-18(25)27-10-17(24)23-16-8-14(20)5-6-15(16)21/h3-8H,9-10H2,1-2H3,(H,22,26)(H,23,24). The third kappa shape index (κ3) is 6.27. The fourth-order valence-corrected chi connectivity index (χ4v) is 2.45. The van der Waals surface area contributed by atoms with Crippen LogP contribution in [0.1, 0.15) is 21.5 Å². The zero-order chi connectivity index (χ0) is 20.0. The number of hydrogen-bond donors (Lipinski definition) is 2. The summed E-state index contributed by atoms with van der Waals surface area (Å²) >= 11 is 11.8. The Labute approximate surface area is 166 Å². The minimum Gasteiger partial charge on any atom is -0.454 e. The third-order valence-corrected chi connectivity index (χ3v) is 4.29. The van der Waals surface area contributed by atoms with Crippen molar-refractivity contribution in [3.8, 4) is 0 Å². The van der Waals surface area contributed by atoms with Gasteiger partial charge in [0, 0.05) is 10.6 Å². The van der Waals surface area contributed by atoms with E-state index >= 15 is 0 Å². The molecule has 0 saturated heterocycles. The number of benzene rings is 2. The van der Waals surface area contributed by atoms with Crippen LogP contribution >= 0.6 is 23.2 Å². The van der Waals surface area contributed by atoms with Crippen molar-refractivity contribution in [1.29, 1.82) is 0 Å². The molecule has 0 saturated carbocycles. The van der Waals surface area contributed by atoms with Crippen molar-refractivity contribution in [2.24, 2.45) is 0 Å². The quantitative estimate of drug-likeness (QED) is 0.716. The highest BCUT2D eigenvalue weighted by Crippen LogP contribution is 2.25. The summed E-state index contributed by atoms with van der Waals surface area (Å²) in [6, 6.07) is 9.83. The van der Waals surface area contributed by atoms with Gasteiger partial charge < -0.3 is 15.4 Å². The van der Waals surface area contributed by atoms with Gasteiger partial charge in [0.05, 0.1) is 10.7 Å². The molecule has 0 aliphatic heterocycles. The van der Waals surface area contributed by atoms with E-state index in [9.17, 15) is 14.4 Å². The number of halogens is 2. The fraction of sp³-hybridized carbons (Fsp3) is 0.211. The lowest BCUT2D eigenvalue weighted by atomic mass is 10.1. The van der Waals surface area contributed by atoms with Crippen LogP contribution in [0.2, 0.25) is 10.0 Å². The zero-order valence-corrected chi connectivity index (χ0v) is 16.3. The fourth-order valence-electron chi connectivity index (χ4n) is 2.11. The number of anilines is 1. The van der Waals surface area contributed by atoms with Crippen molar-refractivity contribution >= 4 is 46.7 Å². The molecule has 0 aliphatic carbocycles. The first-order chi connectivity index (χ1) is 12.8. The van der Waals surface area contributed by atoms with Crippen molar-refractivity contribution in [1.82, 2.24) is 5.32 Å². The predicted molar refractivity (Wildman–Crippen MR) is 104 cm³/mol. The Morgan fingerprint density at radius 3 is 2.44 bits per heavy atom. The molecule has 6 nitrogen and oxygen atoms in total. The molecule has 2 aromatic rings. The van der Waals surface area contributed by atoms with Gasteiger partial charge in [0.1, 0.15) is 6.54 Å². The molecule has 2 amide bonds. The largest absolute Gasteiger partial charge is 0.454 e. The summed E-state index contributed by atoms with van der Waals surface area (Å²) in [4.78, 5) is 35.6. The van der Waals surface area contributed by atoms with Gasteiger partial charge in [0.25, 0.3) is 11.8 Å². The average molecular weight is 409 g/mol. The normalized spacial score (nSPS) is 10.2. The molecule has 0 atom stereocenters. The number of rotatable bonds is 6. The first-order valence-corrected chi connectivity index (χ1v) is 8.78. The number of ether oxygens (including phenoxy) is 1. The molecular weight excluding hydrogens is 391 g/mol. The topological polar surface area (TPSA) is 84.5 Å². The monoisotopic (exact) mass is 408 g/mol. The molecule has 0 radical (unpaired) electrons. The lowest BCUT2D eigenvalue weighted by Crippen LogP contribution is -2.32. The lowest BCUT2D eigenvalue weighted by molar-refractivity contribution is -0.146. The molecule has 27 heavy (non-hydrogen) atoms. The van der Waals surface area contributed by atoms with Crippen LogP contribution in [0.4, 0.5) is 5.69 Å². The van der Waals surface area contributed by atoms with Gasteiger partial charge in [-0.3, -0.25) is 14.4 Å². The summed E-state index contributed by atoms with van der Waals surface area (Å²) in [5.41, 5.74) is 2.80. The van der Waals surface area contributed by atoms with Crippen LogP contribution in [-0.4, -0.2) is 30.9 Å². The van der Waals surface area contributed by atoms with Gasteiger partial charge in [-0.25, -0.2) is 0 Å². The third-order valence-electron chi connectivity index (χ3n) is 3.73. The highest BCUT2D eigenvalue weighted by Gasteiger charge is 2.12. The zero-order valence-electron chi connectivity index (χ0n) is 14.8. The first-order valence-electron chi connectivity index (χ1n) is 8.02. The number of carbonyl (C=O) groups excluding carboxylic acids is 3. The van der Waals surface area contributed by atoms with Crippen molar-refractivity contribution in [2.75, 3.05) is 18.5 Å². The summed E-state index contributed by atoms with van der Waals surface area (Å²) < 4.78 is 4.83. The first kappa shape index (κ1) is 20.7. The number of amides is 2. The summed E-state index contributed by atoms with van der Waals surface area (Å²) in [7, 11) is 0. The van der Waals surface area contributed by atoms with E-state index < -0.39 is 24.4 Å².